The van der Waals surface area contributed by atoms with Crippen LogP contribution in [0.5, 0.6) is 0 Å². The summed E-state index contributed by atoms with van der Waals surface area (Å²) in [6, 6.07) is 0. The van der Waals surface area contributed by atoms with Crippen LogP contribution in [0.4, 0.5) is 0 Å². The molecule has 0 unspecified atom stereocenters. The van der Waals surface area contributed by atoms with E-state index in [-0.39, 0.29) is 17.4 Å². The Labute approximate surface area is 46.1 Å². The second kappa shape index (κ2) is 4.81. The van der Waals surface area contributed by atoms with Crippen LogP contribution < -0.4 is 0 Å². The Bertz CT molecular complexity index is 55.3. The minimum atomic E-state index is -3.83. The molecule has 5 heteroatoms. The monoisotopic (exact) mass is 149 g/mol. The predicted octanol–water partition coefficient (Wildman–Crippen LogP) is -0.800. The van der Waals surface area contributed by atoms with E-state index in [1.807, 2.05) is 0 Å². The standard InChI is InChI=1S/Cr.H2O.2O.Ti/h;1H2;;;/q;;;;+1/p-1. The van der Waals surface area contributed by atoms with Crippen molar-refractivity contribution in [2.24, 2.45) is 0 Å². The van der Waals surface area contributed by atoms with Gasteiger partial charge in [-0.2, -0.15) is 0 Å². The first-order valence-corrected chi connectivity index (χ1v) is 2.61. The molecule has 0 saturated carbocycles. The molecular weight excluding hydrogens is 148 g/mol. The van der Waals surface area contributed by atoms with Crippen LogP contribution in [0.2, 0.25) is 0 Å². The van der Waals surface area contributed by atoms with Crippen molar-refractivity contribution < 1.29 is 45.9 Å². The molecule has 0 atom stereocenters. The molecule has 0 amide bonds. The van der Waals surface area contributed by atoms with Crippen LogP contribution in [0.1, 0.15) is 0 Å². The van der Waals surface area contributed by atoms with E-state index in [0.717, 1.165) is 0 Å². The fourth-order valence-electron chi connectivity index (χ4n) is 0. The zero-order valence-electron chi connectivity index (χ0n) is 2.17. The van der Waals surface area contributed by atoms with E-state index in [9.17, 15) is 0 Å². The zero-order valence-corrected chi connectivity index (χ0v) is 5.01. The van der Waals surface area contributed by atoms with E-state index in [4.69, 9.17) is 10.3 Å². The summed E-state index contributed by atoms with van der Waals surface area (Å²) in [5.41, 5.74) is 0. The average molecular weight is 149 g/mol. The Morgan fingerprint density at radius 1 is 1.40 bits per heavy atom. The van der Waals surface area contributed by atoms with Crippen LogP contribution in [0.3, 0.4) is 0 Å². The summed E-state index contributed by atoms with van der Waals surface area (Å²) in [4.78, 5) is 0. The fourth-order valence-corrected chi connectivity index (χ4v) is 0. The van der Waals surface area contributed by atoms with Crippen LogP contribution >= 0.6 is 0 Å². The van der Waals surface area contributed by atoms with Crippen molar-refractivity contribution in [2.75, 3.05) is 0 Å². The van der Waals surface area contributed by atoms with Crippen molar-refractivity contribution in [3.05, 3.63) is 0 Å². The van der Waals surface area contributed by atoms with Gasteiger partial charge in [0.2, 0.25) is 0 Å². The Morgan fingerprint density at radius 2 is 1.40 bits per heavy atom. The van der Waals surface area contributed by atoms with Gasteiger partial charge in [-0.25, -0.2) is 0 Å². The molecule has 0 aromatic heterocycles. The second-order valence-corrected chi connectivity index (χ2v) is 1.10. The average Bonchev–Trinajstić information content (AvgIpc) is 0.811. The van der Waals surface area contributed by atoms with Gasteiger partial charge in [0, 0.05) is 17.4 Å². The van der Waals surface area contributed by atoms with Gasteiger partial charge in [0.1, 0.15) is 0 Å². The number of hydrogen-bond acceptors (Lipinski definition) is 2. The van der Waals surface area contributed by atoms with E-state index >= 15 is 0 Å². The van der Waals surface area contributed by atoms with E-state index < -0.39 is 18.2 Å². The molecule has 0 aliphatic heterocycles. The summed E-state index contributed by atoms with van der Waals surface area (Å²) in [5.74, 6) is 0. The number of rotatable bonds is 0. The minimum absolute atomic E-state index is 0. The topological polar surface area (TPSA) is 54.4 Å². The molecule has 0 aromatic rings. The van der Waals surface area contributed by atoms with E-state index in [2.05, 4.69) is 0 Å². The number of hydrogen-bond donors (Lipinski definition) is 1. The van der Waals surface area contributed by atoms with Gasteiger partial charge in [0.15, 0.2) is 0 Å². The van der Waals surface area contributed by atoms with Gasteiger partial charge in [-0.1, -0.05) is 0 Å². The van der Waals surface area contributed by atoms with Gasteiger partial charge in [0.25, 0.3) is 0 Å². The van der Waals surface area contributed by atoms with Crippen molar-refractivity contribution in [3.63, 3.8) is 0 Å². The van der Waals surface area contributed by atoms with Crippen LogP contribution in [0.15, 0.2) is 0 Å². The normalized spacial score (nSPS) is 5.00. The molecule has 1 N–H and O–H groups in total. The molecule has 0 saturated heterocycles. The summed E-state index contributed by atoms with van der Waals surface area (Å²) in [7, 11) is 0. The third kappa shape index (κ3) is 58.2. The molecule has 0 heterocycles. The van der Waals surface area contributed by atoms with Crippen LogP contribution in [0, 0.1) is 0 Å². The fraction of sp³-hybridized carbons (Fsp3) is 0. The molecule has 3 nitrogen and oxygen atoms in total. The summed E-state index contributed by atoms with van der Waals surface area (Å²) in [6.07, 6.45) is 0. The first-order chi connectivity index (χ1) is 1.73. The molecule has 29 valence electrons. The molecule has 0 aliphatic rings. The van der Waals surface area contributed by atoms with E-state index in [1.54, 1.807) is 0 Å². The molecule has 0 spiro atoms. The summed E-state index contributed by atoms with van der Waals surface area (Å²) >= 11 is -3.83. The van der Waals surface area contributed by atoms with Crippen LogP contribution in [0.25, 0.3) is 0 Å². The predicted molar refractivity (Wildman–Crippen MR) is 3.59 cm³/mol. The van der Waals surface area contributed by atoms with Crippen molar-refractivity contribution in [2.45, 2.75) is 0 Å². The van der Waals surface area contributed by atoms with Gasteiger partial charge in [-0.3, -0.25) is 0 Å². The van der Waals surface area contributed by atoms with Gasteiger partial charge in [-0.05, 0) is 0 Å². The summed E-state index contributed by atoms with van der Waals surface area (Å²) < 4.78 is 24.5. The maximum absolute atomic E-state index is 8.69. The molecule has 0 radical (unpaired) electrons. The quantitative estimate of drug-likeness (QED) is 0.458. The molecular formula is HCrO3Ti. The Balaban J connectivity index is 0. The molecule has 0 bridgehead atoms. The zero-order chi connectivity index (χ0) is 3.58. The van der Waals surface area contributed by atoms with Crippen molar-refractivity contribution in [1.29, 1.82) is 0 Å². The second-order valence-electron chi connectivity index (χ2n) is 0.266. The molecule has 0 aromatic carbocycles. The van der Waals surface area contributed by atoms with Crippen molar-refractivity contribution in [1.82, 2.24) is 0 Å². The molecule has 0 rings (SSSR count). The van der Waals surface area contributed by atoms with Crippen molar-refractivity contribution >= 4 is 0 Å². The molecule has 0 aliphatic carbocycles. The first kappa shape index (κ1) is 9.26. The molecule has 5 heavy (non-hydrogen) atoms. The Morgan fingerprint density at radius 3 is 1.40 bits per heavy atom. The van der Waals surface area contributed by atoms with Gasteiger partial charge in [-0.15, -0.1) is 0 Å². The third-order valence-corrected chi connectivity index (χ3v) is 0. The van der Waals surface area contributed by atoms with Gasteiger partial charge in [0.05, 0.1) is 0 Å². The SMILES string of the molecule is [Cr].[O]=[Ti](=[O])[OH]. The van der Waals surface area contributed by atoms with Crippen LogP contribution in [-0.2, 0) is 42.2 Å². The van der Waals surface area contributed by atoms with Gasteiger partial charge < -0.3 is 0 Å². The Kier molecular flexibility index (Phi) is 8.90. The van der Waals surface area contributed by atoms with Crippen LogP contribution in [-0.4, -0.2) is 3.69 Å². The van der Waals surface area contributed by atoms with E-state index in [1.165, 1.54) is 0 Å². The molecule has 0 fully saturated rings. The first-order valence-electron chi connectivity index (χ1n) is 0.632. The summed E-state index contributed by atoms with van der Waals surface area (Å²) in [6.45, 7) is 0. The van der Waals surface area contributed by atoms with Crippen molar-refractivity contribution in [3.8, 4) is 0 Å². The van der Waals surface area contributed by atoms with Gasteiger partial charge >= 0.3 is 28.5 Å². The Hall–Kier alpha value is 0.807. The van der Waals surface area contributed by atoms with E-state index in [0.29, 0.717) is 0 Å². The maximum atomic E-state index is 8.69. The summed E-state index contributed by atoms with van der Waals surface area (Å²) in [5, 5.41) is 0. The third-order valence-electron chi connectivity index (χ3n) is 0.